The molecule has 0 aliphatic carbocycles. The van der Waals surface area contributed by atoms with Crippen molar-refractivity contribution in [1.82, 2.24) is 0 Å². The number of aliphatic hydroxyl groups excluding tert-OH is 2. The summed E-state index contributed by atoms with van der Waals surface area (Å²) in [4.78, 5) is 9.28. The first-order chi connectivity index (χ1) is 5.07. The summed E-state index contributed by atoms with van der Waals surface area (Å²) in [7, 11) is 0. The lowest BCUT2D eigenvalue weighted by Gasteiger charge is -2.12. The van der Waals surface area contributed by atoms with Gasteiger partial charge in [-0.25, -0.2) is 0 Å². The highest BCUT2D eigenvalue weighted by Gasteiger charge is 2.18. The second-order valence-electron chi connectivity index (χ2n) is 2.26. The van der Waals surface area contributed by atoms with Gasteiger partial charge in [0.25, 0.3) is 0 Å². The number of nitrogens with two attached hydrogens (primary N) is 1. The van der Waals surface area contributed by atoms with E-state index in [1.807, 2.05) is 0 Å². The normalized spacial score (nSPS) is 15.9. The van der Waals surface area contributed by atoms with Gasteiger partial charge < -0.3 is 15.9 Å². The van der Waals surface area contributed by atoms with Crippen molar-refractivity contribution in [2.75, 3.05) is 13.2 Å². The van der Waals surface area contributed by atoms with E-state index in [1.54, 1.807) is 0 Å². The predicted octanol–water partition coefficient (Wildman–Crippen LogP) is -1.67. The molecule has 0 bridgehead atoms. The van der Waals surface area contributed by atoms with Gasteiger partial charge in [-0.15, -0.1) is 0 Å². The van der Waals surface area contributed by atoms with Crippen LogP contribution in [0.5, 0.6) is 0 Å². The Kier molecular flexibility index (Phi) is 4.67. The van der Waals surface area contributed by atoms with Gasteiger partial charge in [-0.05, 0) is 6.42 Å². The zero-order chi connectivity index (χ0) is 8.85. The molecule has 0 amide bonds. The van der Waals surface area contributed by atoms with Crippen molar-refractivity contribution < 1.29 is 15.1 Å². The van der Waals surface area contributed by atoms with E-state index in [2.05, 4.69) is 0 Å². The number of aliphatic hydroxyl groups is 2. The first-order valence-electron chi connectivity index (χ1n) is 3.24. The van der Waals surface area contributed by atoms with Crippen molar-refractivity contribution in [1.29, 1.82) is 0 Å². The Balaban J connectivity index is 3.63. The summed E-state index contributed by atoms with van der Waals surface area (Å²) < 4.78 is 0. The summed E-state index contributed by atoms with van der Waals surface area (Å²) in [5, 5.41) is 27.2. The molecule has 4 N–H and O–H groups in total. The topological polar surface area (TPSA) is 110 Å². The largest absolute Gasteiger partial charge is 0.396 e. The Morgan fingerprint density at radius 3 is 2.55 bits per heavy atom. The van der Waals surface area contributed by atoms with Gasteiger partial charge in [0.15, 0.2) is 0 Å². The van der Waals surface area contributed by atoms with Gasteiger partial charge in [0.1, 0.15) is 0 Å². The van der Waals surface area contributed by atoms with Crippen LogP contribution in [0.3, 0.4) is 0 Å². The van der Waals surface area contributed by atoms with E-state index in [0.717, 1.165) is 0 Å². The SMILES string of the molecule is NC(C[N+](=O)[O-])C(O)CCO. The van der Waals surface area contributed by atoms with Crippen molar-refractivity contribution in [3.8, 4) is 0 Å². The van der Waals surface area contributed by atoms with Crippen molar-refractivity contribution in [2.45, 2.75) is 18.6 Å². The lowest BCUT2D eigenvalue weighted by atomic mass is 10.1. The molecule has 0 fully saturated rings. The molecule has 0 aromatic rings. The Morgan fingerprint density at radius 2 is 2.18 bits per heavy atom. The number of hydrogen-bond acceptors (Lipinski definition) is 5. The Morgan fingerprint density at radius 1 is 1.64 bits per heavy atom. The highest BCUT2D eigenvalue weighted by Crippen LogP contribution is 1.95. The van der Waals surface area contributed by atoms with Crippen molar-refractivity contribution in [3.63, 3.8) is 0 Å². The van der Waals surface area contributed by atoms with Crippen LogP contribution in [0.4, 0.5) is 0 Å². The van der Waals surface area contributed by atoms with Crippen molar-refractivity contribution in [2.24, 2.45) is 5.73 Å². The third kappa shape index (κ3) is 4.65. The van der Waals surface area contributed by atoms with Gasteiger partial charge in [0.05, 0.1) is 12.1 Å². The second-order valence-corrected chi connectivity index (χ2v) is 2.26. The number of rotatable bonds is 5. The molecule has 2 unspecified atom stereocenters. The average Bonchev–Trinajstić information content (AvgIpc) is 1.86. The van der Waals surface area contributed by atoms with Crippen LogP contribution in [-0.2, 0) is 0 Å². The molecule has 0 aliphatic heterocycles. The first kappa shape index (κ1) is 10.3. The lowest BCUT2D eigenvalue weighted by Crippen LogP contribution is -2.40. The monoisotopic (exact) mass is 164 g/mol. The fourth-order valence-corrected chi connectivity index (χ4v) is 0.640. The summed E-state index contributed by atoms with van der Waals surface area (Å²) in [5.74, 6) is 0. The summed E-state index contributed by atoms with van der Waals surface area (Å²) in [6.07, 6.45) is -0.917. The minimum atomic E-state index is -0.995. The number of nitrogens with zero attached hydrogens (tertiary/aromatic N) is 1. The van der Waals surface area contributed by atoms with Gasteiger partial charge >= 0.3 is 0 Å². The highest BCUT2D eigenvalue weighted by molar-refractivity contribution is 4.69. The van der Waals surface area contributed by atoms with E-state index in [-0.39, 0.29) is 13.0 Å². The zero-order valence-corrected chi connectivity index (χ0v) is 6.01. The van der Waals surface area contributed by atoms with Crippen LogP contribution in [0, 0.1) is 10.1 Å². The van der Waals surface area contributed by atoms with Gasteiger partial charge in [0.2, 0.25) is 6.54 Å². The zero-order valence-electron chi connectivity index (χ0n) is 6.01. The maximum Gasteiger partial charge on any atom is 0.221 e. The van der Waals surface area contributed by atoms with Crippen molar-refractivity contribution >= 4 is 0 Å². The fourth-order valence-electron chi connectivity index (χ4n) is 0.640. The minimum Gasteiger partial charge on any atom is -0.396 e. The molecule has 0 aromatic carbocycles. The molecular weight excluding hydrogens is 152 g/mol. The summed E-state index contributed by atoms with van der Waals surface area (Å²) in [5.41, 5.74) is 5.20. The molecule has 0 rings (SSSR count). The third-order valence-corrected chi connectivity index (χ3v) is 1.28. The third-order valence-electron chi connectivity index (χ3n) is 1.28. The molecule has 0 saturated carbocycles. The smallest absolute Gasteiger partial charge is 0.221 e. The molecule has 0 saturated heterocycles. The summed E-state index contributed by atoms with van der Waals surface area (Å²) in [6, 6.07) is -0.892. The first-order valence-corrected chi connectivity index (χ1v) is 3.24. The van der Waals surface area contributed by atoms with E-state index in [0.29, 0.717) is 0 Å². The lowest BCUT2D eigenvalue weighted by molar-refractivity contribution is -0.484. The molecule has 0 heterocycles. The van der Waals surface area contributed by atoms with Crippen LogP contribution >= 0.6 is 0 Å². The van der Waals surface area contributed by atoms with E-state index in [1.165, 1.54) is 0 Å². The maximum absolute atomic E-state index is 9.87. The standard InChI is InChI=1S/C5H12N2O4/c6-4(3-7(10)11)5(9)1-2-8/h4-5,8-9H,1-3,6H2. The van der Waals surface area contributed by atoms with Gasteiger partial charge in [-0.3, -0.25) is 10.1 Å². The van der Waals surface area contributed by atoms with Crippen LogP contribution in [-0.4, -0.2) is 40.4 Å². The number of hydrogen-bond donors (Lipinski definition) is 3. The van der Waals surface area contributed by atoms with Crippen LogP contribution in [0.1, 0.15) is 6.42 Å². The molecule has 0 radical (unpaired) electrons. The molecule has 2 atom stereocenters. The van der Waals surface area contributed by atoms with E-state index >= 15 is 0 Å². The second kappa shape index (κ2) is 5.00. The fraction of sp³-hybridized carbons (Fsp3) is 1.00. The molecule has 0 aliphatic rings. The van der Waals surface area contributed by atoms with Gasteiger partial charge in [-0.1, -0.05) is 0 Å². The predicted molar refractivity (Wildman–Crippen MR) is 37.5 cm³/mol. The molecular formula is C5H12N2O4. The average molecular weight is 164 g/mol. The van der Waals surface area contributed by atoms with Crippen molar-refractivity contribution in [3.05, 3.63) is 10.1 Å². The minimum absolute atomic E-state index is 0.0784. The van der Waals surface area contributed by atoms with Gasteiger partial charge in [-0.2, -0.15) is 0 Å². The summed E-state index contributed by atoms with van der Waals surface area (Å²) >= 11 is 0. The van der Waals surface area contributed by atoms with Crippen LogP contribution in [0.2, 0.25) is 0 Å². The van der Waals surface area contributed by atoms with E-state index in [9.17, 15) is 10.1 Å². The molecule has 0 spiro atoms. The Hall–Kier alpha value is -0.720. The molecule has 0 aromatic heterocycles. The van der Waals surface area contributed by atoms with E-state index in [4.69, 9.17) is 15.9 Å². The maximum atomic E-state index is 9.87. The molecule has 6 nitrogen and oxygen atoms in total. The molecule has 11 heavy (non-hydrogen) atoms. The molecule has 66 valence electrons. The summed E-state index contributed by atoms with van der Waals surface area (Å²) in [6.45, 7) is -0.687. The molecule has 6 heteroatoms. The van der Waals surface area contributed by atoms with Crippen LogP contribution in [0.25, 0.3) is 0 Å². The number of nitro groups is 1. The van der Waals surface area contributed by atoms with Gasteiger partial charge in [0, 0.05) is 11.5 Å². The highest BCUT2D eigenvalue weighted by atomic mass is 16.6. The van der Waals surface area contributed by atoms with Crippen LogP contribution in [0.15, 0.2) is 0 Å². The Labute approximate surface area is 63.8 Å². The quantitative estimate of drug-likeness (QED) is 0.332. The van der Waals surface area contributed by atoms with Crippen LogP contribution < -0.4 is 5.73 Å². The Bertz CT molecular complexity index is 130. The van der Waals surface area contributed by atoms with E-state index < -0.39 is 23.6 Å².